The van der Waals surface area contributed by atoms with E-state index in [1.54, 1.807) is 0 Å². The summed E-state index contributed by atoms with van der Waals surface area (Å²) in [6.07, 6.45) is -8.06. The lowest BCUT2D eigenvalue weighted by Gasteiger charge is -2.14. The van der Waals surface area contributed by atoms with Gasteiger partial charge in [-0.3, -0.25) is 4.79 Å². The molecule has 9 heteroatoms. The molecule has 0 saturated heterocycles. The Balaban J connectivity index is 3.37. The second-order valence-electron chi connectivity index (χ2n) is 3.02. The third-order valence-electron chi connectivity index (χ3n) is 1.84. The first-order chi connectivity index (χ1) is 8.28. The number of hydrogen-bond donors (Lipinski definition) is 0. The molecule has 1 aromatic rings. The molecule has 0 aliphatic carbocycles. The minimum atomic E-state index is -5.08. The van der Waals surface area contributed by atoms with Gasteiger partial charge < -0.3 is 4.74 Å². The number of nitrogens with zero attached hydrogens (tertiary/aromatic N) is 1. The van der Waals surface area contributed by atoms with Gasteiger partial charge in [0.2, 0.25) is 5.88 Å². The molecule has 100 valence electrons. The number of halogens is 6. The lowest BCUT2D eigenvalue weighted by atomic mass is 10.1. The van der Waals surface area contributed by atoms with Crippen LogP contribution in [-0.2, 0) is 5.33 Å². The molecule has 0 aliphatic heterocycles. The highest BCUT2D eigenvalue weighted by Gasteiger charge is 2.34. The maximum Gasteiger partial charge on any atom is 0.574 e. The first-order valence-corrected chi connectivity index (χ1v) is 5.49. The molecule has 0 amide bonds. The van der Waals surface area contributed by atoms with Crippen molar-refractivity contribution in [3.63, 3.8) is 0 Å². The number of ether oxygens (including phenoxy) is 1. The fourth-order valence-electron chi connectivity index (χ4n) is 1.17. The van der Waals surface area contributed by atoms with Crippen LogP contribution in [0.4, 0.5) is 22.0 Å². The Kier molecular flexibility index (Phi) is 4.60. The third kappa shape index (κ3) is 3.62. The summed E-state index contributed by atoms with van der Waals surface area (Å²) in [5.41, 5.74) is -1.74. The van der Waals surface area contributed by atoms with E-state index in [4.69, 9.17) is 0 Å². The summed E-state index contributed by atoms with van der Waals surface area (Å²) in [6.45, 7) is 0. The largest absolute Gasteiger partial charge is 0.574 e. The summed E-state index contributed by atoms with van der Waals surface area (Å²) < 4.78 is 65.0. The van der Waals surface area contributed by atoms with E-state index in [0.717, 1.165) is 6.07 Å². The van der Waals surface area contributed by atoms with Crippen LogP contribution in [0.25, 0.3) is 0 Å². The fraction of sp³-hybridized carbons (Fsp3) is 0.333. The fourth-order valence-corrected chi connectivity index (χ4v) is 1.73. The van der Waals surface area contributed by atoms with Gasteiger partial charge in [0.1, 0.15) is 5.69 Å². The Labute approximate surface area is 106 Å². The maximum absolute atomic E-state index is 12.6. The maximum atomic E-state index is 12.6. The van der Waals surface area contributed by atoms with Crippen LogP contribution in [0.2, 0.25) is 0 Å². The van der Waals surface area contributed by atoms with Crippen LogP contribution in [-0.4, -0.2) is 17.6 Å². The molecule has 0 radical (unpaired) electrons. The molecule has 0 bridgehead atoms. The number of rotatable bonds is 4. The summed E-state index contributed by atoms with van der Waals surface area (Å²) in [5, 5.41) is -0.315. The van der Waals surface area contributed by atoms with Crippen molar-refractivity contribution in [3.8, 4) is 5.88 Å². The molecule has 0 aliphatic rings. The van der Waals surface area contributed by atoms with Crippen LogP contribution in [0.3, 0.4) is 0 Å². The summed E-state index contributed by atoms with van der Waals surface area (Å²) in [5.74, 6) is -1.06. The van der Waals surface area contributed by atoms with Gasteiger partial charge in [0.15, 0.2) is 6.29 Å². The van der Waals surface area contributed by atoms with Crippen LogP contribution in [0, 0.1) is 0 Å². The topological polar surface area (TPSA) is 39.2 Å². The summed E-state index contributed by atoms with van der Waals surface area (Å²) in [6, 6.07) is 0.720. The van der Waals surface area contributed by atoms with E-state index in [0.29, 0.717) is 0 Å². The van der Waals surface area contributed by atoms with E-state index in [1.807, 2.05) is 0 Å². The smallest absolute Gasteiger partial charge is 0.388 e. The van der Waals surface area contributed by atoms with Crippen molar-refractivity contribution in [3.05, 3.63) is 22.9 Å². The average Bonchev–Trinajstić information content (AvgIpc) is 2.25. The van der Waals surface area contributed by atoms with Gasteiger partial charge in [-0.25, -0.2) is 13.8 Å². The van der Waals surface area contributed by atoms with Crippen molar-refractivity contribution in [1.82, 2.24) is 4.98 Å². The summed E-state index contributed by atoms with van der Waals surface area (Å²) in [7, 11) is 0. The highest BCUT2D eigenvalue weighted by atomic mass is 79.9. The monoisotopic (exact) mass is 333 g/mol. The van der Waals surface area contributed by atoms with Crippen molar-refractivity contribution >= 4 is 22.2 Å². The molecule has 0 N–H and O–H groups in total. The molecule has 0 unspecified atom stereocenters. The van der Waals surface area contributed by atoms with Gasteiger partial charge in [-0.2, -0.15) is 0 Å². The van der Waals surface area contributed by atoms with Crippen molar-refractivity contribution in [2.45, 2.75) is 18.1 Å². The third-order valence-corrected chi connectivity index (χ3v) is 2.40. The summed E-state index contributed by atoms with van der Waals surface area (Å²) >= 11 is 2.77. The SMILES string of the molecule is O=Cc1cc(C(F)F)c(CBr)c(OC(F)(F)F)n1. The number of pyridine rings is 1. The van der Waals surface area contributed by atoms with Crippen molar-refractivity contribution in [2.24, 2.45) is 0 Å². The van der Waals surface area contributed by atoms with E-state index < -0.39 is 35.5 Å². The first-order valence-electron chi connectivity index (χ1n) is 4.37. The number of hydrogen-bond acceptors (Lipinski definition) is 3. The molecule has 0 fully saturated rings. The molecule has 18 heavy (non-hydrogen) atoms. The Morgan fingerprint density at radius 1 is 1.44 bits per heavy atom. The van der Waals surface area contributed by atoms with Crippen molar-refractivity contribution in [2.75, 3.05) is 0 Å². The molecule has 0 spiro atoms. The zero-order valence-electron chi connectivity index (χ0n) is 8.47. The van der Waals surface area contributed by atoms with Gasteiger partial charge in [-0.1, -0.05) is 15.9 Å². The first kappa shape index (κ1) is 14.8. The van der Waals surface area contributed by atoms with Gasteiger partial charge in [-0.15, -0.1) is 13.2 Å². The quantitative estimate of drug-likeness (QED) is 0.480. The zero-order valence-corrected chi connectivity index (χ0v) is 10.1. The molecule has 0 atom stereocenters. The van der Waals surface area contributed by atoms with E-state index in [9.17, 15) is 26.7 Å². The zero-order chi connectivity index (χ0) is 13.9. The van der Waals surface area contributed by atoms with Gasteiger partial charge in [-0.05, 0) is 6.07 Å². The number of carbonyl (C=O) groups is 1. The van der Waals surface area contributed by atoms with Crippen LogP contribution in [0.5, 0.6) is 5.88 Å². The highest BCUT2D eigenvalue weighted by molar-refractivity contribution is 9.08. The predicted molar refractivity (Wildman–Crippen MR) is 53.9 cm³/mol. The number of aromatic nitrogens is 1. The van der Waals surface area contributed by atoms with Crippen molar-refractivity contribution < 1.29 is 31.5 Å². The predicted octanol–water partition coefficient (Wildman–Crippen LogP) is 3.63. The molecule has 3 nitrogen and oxygen atoms in total. The standard InChI is InChI=1S/C9H5BrF5NO2/c10-2-6-5(7(11)12)1-4(3-17)16-8(6)18-9(13,14)15/h1,3,7H,2H2. The Hall–Kier alpha value is -1.25. The second-order valence-corrected chi connectivity index (χ2v) is 3.58. The van der Waals surface area contributed by atoms with E-state index in [2.05, 4.69) is 25.7 Å². The Bertz CT molecular complexity index is 449. The van der Waals surface area contributed by atoms with Crippen LogP contribution < -0.4 is 4.74 Å². The molecular weight excluding hydrogens is 329 g/mol. The number of aldehydes is 1. The Morgan fingerprint density at radius 2 is 2.06 bits per heavy atom. The Morgan fingerprint density at radius 3 is 2.44 bits per heavy atom. The average molecular weight is 334 g/mol. The second kappa shape index (κ2) is 5.59. The minimum Gasteiger partial charge on any atom is -0.388 e. The number of carbonyl (C=O) groups excluding carboxylic acids is 1. The van der Waals surface area contributed by atoms with Gasteiger partial charge >= 0.3 is 6.36 Å². The molecule has 0 saturated carbocycles. The molecule has 1 rings (SSSR count). The van der Waals surface area contributed by atoms with Crippen LogP contribution in [0.1, 0.15) is 28.0 Å². The van der Waals surface area contributed by atoms with Gasteiger partial charge in [0, 0.05) is 16.5 Å². The summed E-state index contributed by atoms with van der Waals surface area (Å²) in [4.78, 5) is 13.7. The lowest BCUT2D eigenvalue weighted by Crippen LogP contribution is -2.20. The minimum absolute atomic E-state index is 0.0626. The van der Waals surface area contributed by atoms with Crippen molar-refractivity contribution in [1.29, 1.82) is 0 Å². The molecule has 1 aromatic heterocycles. The molecule has 0 aromatic carbocycles. The highest BCUT2D eigenvalue weighted by Crippen LogP contribution is 2.33. The van der Waals surface area contributed by atoms with Crippen LogP contribution in [0.15, 0.2) is 6.07 Å². The molecular formula is C9H5BrF5NO2. The van der Waals surface area contributed by atoms with E-state index >= 15 is 0 Å². The number of alkyl halides is 6. The lowest BCUT2D eigenvalue weighted by molar-refractivity contribution is -0.276. The molecule has 1 heterocycles. The normalized spacial score (nSPS) is 11.7. The van der Waals surface area contributed by atoms with Gasteiger partial charge in [0.25, 0.3) is 6.43 Å². The van der Waals surface area contributed by atoms with E-state index in [1.165, 1.54) is 0 Å². The van der Waals surface area contributed by atoms with Crippen LogP contribution >= 0.6 is 15.9 Å². The van der Waals surface area contributed by atoms with E-state index in [-0.39, 0.29) is 11.6 Å². The van der Waals surface area contributed by atoms with Gasteiger partial charge in [0.05, 0.1) is 0 Å².